The van der Waals surface area contributed by atoms with Gasteiger partial charge in [-0.25, -0.2) is 4.79 Å². The number of amides is 3. The second-order valence-electron chi connectivity index (χ2n) is 13.0. The third-order valence-electron chi connectivity index (χ3n) is 7.15. The summed E-state index contributed by atoms with van der Waals surface area (Å²) in [5.74, 6) is -0.424. The molecule has 3 amide bonds. The number of ether oxygens (including phenoxy) is 1. The van der Waals surface area contributed by atoms with Crippen LogP contribution in [0.1, 0.15) is 96.5 Å². The van der Waals surface area contributed by atoms with Crippen molar-refractivity contribution < 1.29 is 19.1 Å². The Morgan fingerprint density at radius 1 is 0.878 bits per heavy atom. The van der Waals surface area contributed by atoms with Crippen LogP contribution in [-0.2, 0) is 14.3 Å². The zero-order valence-corrected chi connectivity index (χ0v) is 26.9. The molecule has 7 heteroatoms. The molecule has 7 nitrogen and oxygen atoms in total. The lowest BCUT2D eigenvalue weighted by atomic mass is 9.92. The third-order valence-corrected chi connectivity index (χ3v) is 7.15. The fraction of sp³-hybridized carbons (Fsp3) is 0.559. The maximum Gasteiger partial charge on any atom is 0.408 e. The maximum absolute atomic E-state index is 14.6. The number of anilines is 1. The topological polar surface area (TPSA) is 87.7 Å². The molecule has 2 aromatic carbocycles. The summed E-state index contributed by atoms with van der Waals surface area (Å²) in [6, 6.07) is 11.5. The number of nitrogens with one attached hydrogen (secondary N) is 2. The van der Waals surface area contributed by atoms with Crippen LogP contribution in [0.15, 0.2) is 42.5 Å². The van der Waals surface area contributed by atoms with Crippen molar-refractivity contribution in [1.82, 2.24) is 10.2 Å². The molecule has 2 rings (SSSR count). The molecule has 0 spiro atoms. The molecule has 41 heavy (non-hydrogen) atoms. The monoisotopic (exact) mass is 565 g/mol. The summed E-state index contributed by atoms with van der Waals surface area (Å²) < 4.78 is 5.50. The van der Waals surface area contributed by atoms with Crippen molar-refractivity contribution >= 4 is 23.6 Å². The molecular formula is C34H51N3O4. The number of benzene rings is 2. The number of rotatable bonds is 11. The number of carbonyl (C=O) groups is 3. The molecule has 0 fully saturated rings. The minimum atomic E-state index is -0.911. The molecular weight excluding hydrogens is 514 g/mol. The van der Waals surface area contributed by atoms with Gasteiger partial charge in [0.15, 0.2) is 0 Å². The van der Waals surface area contributed by atoms with Crippen molar-refractivity contribution in [1.29, 1.82) is 0 Å². The van der Waals surface area contributed by atoms with E-state index >= 15 is 0 Å². The molecule has 3 atom stereocenters. The van der Waals surface area contributed by atoms with E-state index in [9.17, 15) is 14.4 Å². The third kappa shape index (κ3) is 9.91. The molecule has 0 saturated heterocycles. The highest BCUT2D eigenvalue weighted by molar-refractivity contribution is 5.99. The van der Waals surface area contributed by atoms with Gasteiger partial charge in [0, 0.05) is 11.7 Å². The maximum atomic E-state index is 14.6. The van der Waals surface area contributed by atoms with Gasteiger partial charge in [0.2, 0.25) is 5.91 Å². The fourth-order valence-electron chi connectivity index (χ4n) is 4.89. The predicted octanol–water partition coefficient (Wildman–Crippen LogP) is 7.49. The van der Waals surface area contributed by atoms with Crippen LogP contribution in [0.4, 0.5) is 10.5 Å². The summed E-state index contributed by atoms with van der Waals surface area (Å²) in [5, 5.41) is 5.92. The molecule has 226 valence electrons. The van der Waals surface area contributed by atoms with Crippen molar-refractivity contribution in [2.24, 2.45) is 11.8 Å². The highest BCUT2D eigenvalue weighted by atomic mass is 16.6. The van der Waals surface area contributed by atoms with Gasteiger partial charge in [0.05, 0.1) is 0 Å². The van der Waals surface area contributed by atoms with E-state index < -0.39 is 23.8 Å². The minimum absolute atomic E-state index is 0.242. The molecule has 2 aromatic rings. The Morgan fingerprint density at radius 2 is 1.51 bits per heavy atom. The van der Waals surface area contributed by atoms with E-state index in [4.69, 9.17) is 4.74 Å². The predicted molar refractivity (Wildman–Crippen MR) is 167 cm³/mol. The first-order chi connectivity index (χ1) is 19.0. The molecule has 3 unspecified atom stereocenters. The van der Waals surface area contributed by atoms with E-state index in [2.05, 4.69) is 24.5 Å². The Balaban J connectivity index is 2.68. The number of hydrogen-bond acceptors (Lipinski definition) is 4. The summed E-state index contributed by atoms with van der Waals surface area (Å²) in [5.41, 5.74) is 3.66. The van der Waals surface area contributed by atoms with Crippen LogP contribution in [0.5, 0.6) is 0 Å². The molecule has 0 aliphatic rings. The lowest BCUT2D eigenvalue weighted by molar-refractivity contribution is -0.144. The summed E-state index contributed by atoms with van der Waals surface area (Å²) in [4.78, 5) is 43.4. The molecule has 0 bridgehead atoms. The number of aryl methyl sites for hydroxylation is 3. The molecule has 0 heterocycles. The van der Waals surface area contributed by atoms with Crippen LogP contribution in [-0.4, -0.2) is 40.5 Å². The van der Waals surface area contributed by atoms with E-state index in [1.165, 1.54) is 0 Å². The van der Waals surface area contributed by atoms with Crippen molar-refractivity contribution in [3.8, 4) is 0 Å². The van der Waals surface area contributed by atoms with Gasteiger partial charge in [-0.2, -0.15) is 0 Å². The largest absolute Gasteiger partial charge is 0.444 e. The van der Waals surface area contributed by atoms with E-state index in [1.807, 2.05) is 84.0 Å². The van der Waals surface area contributed by atoms with Crippen molar-refractivity contribution in [3.05, 3.63) is 64.7 Å². The second kappa shape index (κ2) is 14.5. The van der Waals surface area contributed by atoms with Crippen LogP contribution in [0.2, 0.25) is 0 Å². The Morgan fingerprint density at radius 3 is 2.05 bits per heavy atom. The van der Waals surface area contributed by atoms with Gasteiger partial charge < -0.3 is 20.3 Å². The number of carbonyl (C=O) groups excluding carboxylic acids is 3. The van der Waals surface area contributed by atoms with Gasteiger partial charge in [-0.3, -0.25) is 9.59 Å². The average molecular weight is 566 g/mol. The van der Waals surface area contributed by atoms with E-state index in [0.29, 0.717) is 18.0 Å². The number of hydrogen-bond donors (Lipinski definition) is 2. The average Bonchev–Trinajstić information content (AvgIpc) is 2.84. The molecule has 2 N–H and O–H groups in total. The smallest absolute Gasteiger partial charge is 0.408 e. The molecule has 0 saturated carbocycles. The van der Waals surface area contributed by atoms with E-state index in [-0.39, 0.29) is 23.8 Å². The van der Waals surface area contributed by atoms with Gasteiger partial charge in [0.1, 0.15) is 17.7 Å². The molecule has 0 aromatic heterocycles. The van der Waals surface area contributed by atoms with Crippen LogP contribution < -0.4 is 10.6 Å². The standard InChI is InChI=1S/C34H51N3O4/c1-21(2)16-18-26(8)37(32(39)29(22(3)4)36-33(40)41-34(9,10)11)30(27-19-17-23(5)20-25(27)7)31(38)35-28-15-13-12-14-24(28)6/h12-15,17,19-22,26,29-30H,16,18H2,1-11H3,(H,35,38)(H,36,40). The number of nitrogens with zero attached hydrogens (tertiary/aromatic N) is 1. The minimum Gasteiger partial charge on any atom is -0.444 e. The zero-order chi connectivity index (χ0) is 31.1. The van der Waals surface area contributed by atoms with Crippen LogP contribution in [0, 0.1) is 32.6 Å². The molecule has 0 radical (unpaired) electrons. The number of para-hydroxylation sites is 1. The van der Waals surface area contributed by atoms with Gasteiger partial charge >= 0.3 is 6.09 Å². The van der Waals surface area contributed by atoms with Crippen LogP contribution in [0.3, 0.4) is 0 Å². The van der Waals surface area contributed by atoms with Gasteiger partial charge in [0.25, 0.3) is 5.91 Å². The van der Waals surface area contributed by atoms with Crippen molar-refractivity contribution in [3.63, 3.8) is 0 Å². The highest BCUT2D eigenvalue weighted by Crippen LogP contribution is 2.32. The summed E-state index contributed by atoms with van der Waals surface area (Å²) >= 11 is 0. The molecule has 0 aliphatic carbocycles. The lowest BCUT2D eigenvalue weighted by Crippen LogP contribution is -2.56. The summed E-state index contributed by atoms with van der Waals surface area (Å²) in [6.07, 6.45) is 0.932. The van der Waals surface area contributed by atoms with Gasteiger partial charge in [-0.05, 0) is 95.9 Å². The van der Waals surface area contributed by atoms with Gasteiger partial charge in [-0.15, -0.1) is 0 Å². The Bertz CT molecular complexity index is 1200. The lowest BCUT2D eigenvalue weighted by Gasteiger charge is -2.40. The first-order valence-corrected chi connectivity index (χ1v) is 14.8. The normalized spacial score (nSPS) is 13.9. The van der Waals surface area contributed by atoms with Crippen LogP contribution >= 0.6 is 0 Å². The number of alkyl carbamates (subject to hydrolysis) is 1. The SMILES string of the molecule is Cc1ccc(C(C(=O)Nc2ccccc2C)N(C(=O)C(NC(=O)OC(C)(C)C)C(C)C)C(C)CCC(C)C)c(C)c1. The quantitative estimate of drug-likeness (QED) is 0.295. The zero-order valence-electron chi connectivity index (χ0n) is 26.9. The van der Waals surface area contributed by atoms with E-state index in [0.717, 1.165) is 28.7 Å². The van der Waals surface area contributed by atoms with Crippen LogP contribution in [0.25, 0.3) is 0 Å². The van der Waals surface area contributed by atoms with Crippen molar-refractivity contribution in [2.75, 3.05) is 5.32 Å². The second-order valence-corrected chi connectivity index (χ2v) is 13.0. The Hall–Kier alpha value is -3.35. The van der Waals surface area contributed by atoms with Gasteiger partial charge in [-0.1, -0.05) is 69.7 Å². The first kappa shape index (κ1) is 33.9. The Kier molecular flexibility index (Phi) is 12.0. The molecule has 0 aliphatic heterocycles. The fourth-order valence-corrected chi connectivity index (χ4v) is 4.89. The first-order valence-electron chi connectivity index (χ1n) is 14.8. The highest BCUT2D eigenvalue weighted by Gasteiger charge is 2.40. The summed E-state index contributed by atoms with van der Waals surface area (Å²) in [7, 11) is 0. The Labute approximate surface area is 247 Å². The van der Waals surface area contributed by atoms with Crippen molar-refractivity contribution in [2.45, 2.75) is 113 Å². The summed E-state index contributed by atoms with van der Waals surface area (Å²) in [6.45, 7) is 21.3. The van der Waals surface area contributed by atoms with E-state index in [1.54, 1.807) is 25.7 Å².